The molecule has 0 unspecified atom stereocenters. The highest BCUT2D eigenvalue weighted by Gasteiger charge is 2.03. The van der Waals surface area contributed by atoms with E-state index in [4.69, 9.17) is 9.47 Å². The van der Waals surface area contributed by atoms with Gasteiger partial charge in [-0.1, -0.05) is 18.2 Å². The van der Waals surface area contributed by atoms with Gasteiger partial charge in [0.15, 0.2) is 0 Å². The maximum Gasteiger partial charge on any atom is 0.0723 e. The van der Waals surface area contributed by atoms with Crippen molar-refractivity contribution < 1.29 is 23.6 Å². The van der Waals surface area contributed by atoms with Gasteiger partial charge in [0.25, 0.3) is 0 Å². The number of ether oxygens (including phenoxy) is 2. The Kier molecular flexibility index (Phi) is 13.9. The average molecular weight is 258 g/mol. The van der Waals surface area contributed by atoms with Crippen molar-refractivity contribution in [3.8, 4) is 0 Å². The minimum absolute atomic E-state index is 0. The normalized spacial score (nSPS) is 8.44. The smallest absolute Gasteiger partial charge is 0.0723 e. The van der Waals surface area contributed by atoms with Crippen LogP contribution in [0.1, 0.15) is 11.1 Å². The third kappa shape index (κ3) is 5.39. The molecule has 16 heavy (non-hydrogen) atoms. The van der Waals surface area contributed by atoms with E-state index < -0.39 is 0 Å². The highest BCUT2D eigenvalue weighted by molar-refractivity contribution is 7.80. The molecule has 0 atom stereocenters. The van der Waals surface area contributed by atoms with Gasteiger partial charge in [-0.3, -0.25) is 14.1 Å². The van der Waals surface area contributed by atoms with Crippen molar-refractivity contribution in [2.24, 2.45) is 0 Å². The van der Waals surface area contributed by atoms with Gasteiger partial charge in [-0.15, -0.1) is 12.6 Å². The largest absolute Gasteiger partial charge is 0.380 e. The van der Waals surface area contributed by atoms with E-state index in [1.165, 1.54) is 0 Å². The first-order valence-corrected chi connectivity index (χ1v) is 4.52. The summed E-state index contributed by atoms with van der Waals surface area (Å²) in [6.45, 7) is 1.19. The summed E-state index contributed by atoms with van der Waals surface area (Å²) < 4.78 is 10.1. The number of hydrogen-bond acceptors (Lipinski definition) is 3. The molecule has 0 spiro atoms. The highest BCUT2D eigenvalue weighted by Crippen LogP contribution is 2.20. The second kappa shape index (κ2) is 10.8. The van der Waals surface area contributed by atoms with Crippen molar-refractivity contribution in [3.63, 3.8) is 0 Å². The summed E-state index contributed by atoms with van der Waals surface area (Å²) in [6.07, 6.45) is 0. The lowest BCUT2D eigenvalue weighted by atomic mass is 10.1. The van der Waals surface area contributed by atoms with E-state index in [1.54, 1.807) is 14.2 Å². The van der Waals surface area contributed by atoms with E-state index in [-0.39, 0.29) is 14.1 Å². The first-order valence-electron chi connectivity index (χ1n) is 4.07. The number of halogens is 3. The Morgan fingerprint density at radius 1 is 0.938 bits per heavy atom. The van der Waals surface area contributed by atoms with Gasteiger partial charge < -0.3 is 9.47 Å². The van der Waals surface area contributed by atoms with Crippen LogP contribution in [0.5, 0.6) is 0 Å². The van der Waals surface area contributed by atoms with Gasteiger partial charge >= 0.3 is 0 Å². The van der Waals surface area contributed by atoms with Crippen LogP contribution in [0, 0.1) is 0 Å². The van der Waals surface area contributed by atoms with Crippen LogP contribution < -0.4 is 0 Å². The lowest BCUT2D eigenvalue weighted by Crippen LogP contribution is -1.95. The van der Waals surface area contributed by atoms with Crippen molar-refractivity contribution in [1.82, 2.24) is 0 Å². The van der Waals surface area contributed by atoms with Crippen molar-refractivity contribution in [2.45, 2.75) is 18.1 Å². The Morgan fingerprint density at radius 3 is 1.62 bits per heavy atom. The van der Waals surface area contributed by atoms with Gasteiger partial charge in [0.05, 0.1) is 13.2 Å². The van der Waals surface area contributed by atoms with Crippen molar-refractivity contribution >= 4 is 12.6 Å². The monoisotopic (exact) mass is 258 g/mol. The second-order valence-corrected chi connectivity index (χ2v) is 3.24. The van der Waals surface area contributed by atoms with Crippen molar-refractivity contribution in [2.75, 3.05) is 14.2 Å². The first-order chi connectivity index (χ1) is 6.29. The average Bonchev–Trinajstić information content (AvgIpc) is 2.13. The fraction of sp³-hybridized carbons (Fsp3) is 0.400. The summed E-state index contributed by atoms with van der Waals surface area (Å²) in [6, 6.07) is 6.00. The molecule has 96 valence electrons. The van der Waals surface area contributed by atoms with Crippen LogP contribution in [0.25, 0.3) is 0 Å². The fourth-order valence-corrected chi connectivity index (χ4v) is 1.47. The summed E-state index contributed by atoms with van der Waals surface area (Å²) in [4.78, 5) is 0.964. The molecule has 0 heterocycles. The molecule has 1 aromatic carbocycles. The standard InChI is InChI=1S/C10H14O2S.3FH/c1-11-6-8-4-3-5-9(7-12-2)10(8)13;;;/h3-5,13H,6-7H2,1-2H3;3*1H. The molecule has 0 bridgehead atoms. The summed E-state index contributed by atoms with van der Waals surface area (Å²) in [7, 11) is 3.35. The van der Waals surface area contributed by atoms with Crippen LogP contribution in [0.15, 0.2) is 23.1 Å². The van der Waals surface area contributed by atoms with Gasteiger partial charge in [0.2, 0.25) is 0 Å². The third-order valence-electron chi connectivity index (χ3n) is 1.80. The van der Waals surface area contributed by atoms with Gasteiger partial charge in [0.1, 0.15) is 0 Å². The molecular formula is C10H17F3O2S. The number of methoxy groups -OCH3 is 2. The molecule has 0 aliphatic rings. The van der Waals surface area contributed by atoms with E-state index in [1.807, 2.05) is 18.2 Å². The molecule has 0 aromatic heterocycles. The van der Waals surface area contributed by atoms with E-state index >= 15 is 0 Å². The van der Waals surface area contributed by atoms with E-state index in [9.17, 15) is 0 Å². The summed E-state index contributed by atoms with van der Waals surface area (Å²) in [5.74, 6) is 0. The predicted octanol–water partition coefficient (Wildman–Crippen LogP) is 2.73. The molecule has 0 saturated heterocycles. The third-order valence-corrected chi connectivity index (χ3v) is 2.38. The quantitative estimate of drug-likeness (QED) is 0.837. The molecular weight excluding hydrogens is 241 g/mol. The van der Waals surface area contributed by atoms with Crippen LogP contribution in [0.2, 0.25) is 0 Å². The maximum atomic E-state index is 5.05. The molecule has 0 aliphatic carbocycles. The number of rotatable bonds is 4. The molecule has 2 nitrogen and oxygen atoms in total. The van der Waals surface area contributed by atoms with Crippen LogP contribution in [-0.2, 0) is 22.7 Å². The van der Waals surface area contributed by atoms with Crippen LogP contribution >= 0.6 is 12.6 Å². The zero-order valence-corrected chi connectivity index (χ0v) is 10.0. The van der Waals surface area contributed by atoms with Crippen LogP contribution in [0.3, 0.4) is 0 Å². The first kappa shape index (κ1) is 20.7. The van der Waals surface area contributed by atoms with Gasteiger partial charge in [-0.25, -0.2) is 0 Å². The number of thiol groups is 1. The zero-order valence-electron chi connectivity index (χ0n) is 9.13. The highest BCUT2D eigenvalue weighted by atomic mass is 32.1. The molecule has 6 heteroatoms. The molecule has 1 aromatic rings. The molecule has 0 amide bonds. The summed E-state index contributed by atoms with van der Waals surface area (Å²) in [5.41, 5.74) is 2.20. The molecule has 0 saturated carbocycles. The maximum absolute atomic E-state index is 5.05. The number of hydrogen-bond donors (Lipinski definition) is 1. The molecule has 1 rings (SSSR count). The molecule has 0 radical (unpaired) electrons. The summed E-state index contributed by atoms with van der Waals surface area (Å²) >= 11 is 4.42. The lowest BCUT2D eigenvalue weighted by molar-refractivity contribution is 0.176. The van der Waals surface area contributed by atoms with E-state index in [0.717, 1.165) is 16.0 Å². The zero-order chi connectivity index (χ0) is 9.68. The predicted molar refractivity (Wildman–Crippen MR) is 62.6 cm³/mol. The van der Waals surface area contributed by atoms with Crippen molar-refractivity contribution in [3.05, 3.63) is 29.3 Å². The molecule has 0 fully saturated rings. The molecule has 0 aliphatic heterocycles. The number of benzene rings is 1. The second-order valence-electron chi connectivity index (χ2n) is 2.79. The lowest BCUT2D eigenvalue weighted by Gasteiger charge is -2.08. The Labute approximate surface area is 98.5 Å². The van der Waals surface area contributed by atoms with Crippen LogP contribution in [-0.4, -0.2) is 14.2 Å². The molecule has 0 N–H and O–H groups in total. The Morgan fingerprint density at radius 2 is 1.31 bits per heavy atom. The Balaban J connectivity index is -0.000000563. The Hall–Kier alpha value is -0.720. The SMILES string of the molecule is COCc1cccc(COC)c1S.F.F.F. The summed E-state index contributed by atoms with van der Waals surface area (Å²) in [5, 5.41) is 0. The van der Waals surface area contributed by atoms with E-state index in [0.29, 0.717) is 13.2 Å². The van der Waals surface area contributed by atoms with Crippen molar-refractivity contribution in [1.29, 1.82) is 0 Å². The Bertz CT molecular complexity index is 261. The topological polar surface area (TPSA) is 18.5 Å². The minimum atomic E-state index is 0. The minimum Gasteiger partial charge on any atom is -0.380 e. The van der Waals surface area contributed by atoms with E-state index in [2.05, 4.69) is 12.6 Å². The van der Waals surface area contributed by atoms with Gasteiger partial charge in [-0.05, 0) is 11.1 Å². The van der Waals surface area contributed by atoms with Gasteiger partial charge in [-0.2, -0.15) is 0 Å². The van der Waals surface area contributed by atoms with Gasteiger partial charge in [0, 0.05) is 19.1 Å². The fourth-order valence-electron chi connectivity index (χ4n) is 1.19. The van der Waals surface area contributed by atoms with Crippen LogP contribution in [0.4, 0.5) is 14.1 Å².